The Labute approximate surface area is 137 Å². The van der Waals surface area contributed by atoms with Crippen LogP contribution in [0.2, 0.25) is 0 Å². The standard InChI is InChI=1S/C16H12N4O2S/c17-6-10-5-11(7-18)16(20-15(10)19)23-9-12-8-21-13-3-1-2-4-14(13)22-12/h1-5,12H,8-9H2,(H2,19,20)/t12-/m0/s1. The number of nitrogens with zero attached hydrogens (tertiary/aromatic N) is 3. The Balaban J connectivity index is 1.71. The maximum atomic E-state index is 9.19. The lowest BCUT2D eigenvalue weighted by Gasteiger charge is -2.26. The van der Waals surface area contributed by atoms with E-state index in [4.69, 9.17) is 20.5 Å². The van der Waals surface area contributed by atoms with Crippen LogP contribution < -0.4 is 15.2 Å². The largest absolute Gasteiger partial charge is 0.486 e. The Morgan fingerprint density at radius 2 is 1.96 bits per heavy atom. The summed E-state index contributed by atoms with van der Waals surface area (Å²) in [6.07, 6.45) is -0.153. The van der Waals surface area contributed by atoms with Crippen LogP contribution in [0, 0.1) is 22.7 Å². The Morgan fingerprint density at radius 1 is 1.22 bits per heavy atom. The number of anilines is 1. The van der Waals surface area contributed by atoms with E-state index in [9.17, 15) is 5.26 Å². The fraction of sp³-hybridized carbons (Fsp3) is 0.188. The Hall–Kier alpha value is -2.90. The van der Waals surface area contributed by atoms with E-state index >= 15 is 0 Å². The molecule has 114 valence electrons. The van der Waals surface area contributed by atoms with Crippen molar-refractivity contribution in [1.82, 2.24) is 4.98 Å². The van der Waals surface area contributed by atoms with Crippen LogP contribution >= 0.6 is 11.8 Å². The average molecular weight is 324 g/mol. The molecule has 0 bridgehead atoms. The van der Waals surface area contributed by atoms with Crippen LogP contribution in [0.25, 0.3) is 0 Å². The van der Waals surface area contributed by atoms with Gasteiger partial charge in [-0.2, -0.15) is 10.5 Å². The van der Waals surface area contributed by atoms with Gasteiger partial charge in [0.15, 0.2) is 11.5 Å². The Morgan fingerprint density at radius 3 is 2.70 bits per heavy atom. The monoisotopic (exact) mass is 324 g/mol. The highest BCUT2D eigenvalue weighted by Crippen LogP contribution is 2.33. The summed E-state index contributed by atoms with van der Waals surface area (Å²) in [5.74, 6) is 2.12. The quantitative estimate of drug-likeness (QED) is 0.864. The second-order valence-electron chi connectivity index (χ2n) is 4.81. The minimum absolute atomic E-state index is 0.125. The predicted molar refractivity (Wildman–Crippen MR) is 85.2 cm³/mol. The molecule has 1 aliphatic rings. The van der Waals surface area contributed by atoms with Crippen LogP contribution in [-0.2, 0) is 0 Å². The van der Waals surface area contributed by atoms with Crippen molar-refractivity contribution in [3.8, 4) is 23.6 Å². The number of nitrogen functional groups attached to an aromatic ring is 1. The highest BCUT2D eigenvalue weighted by Gasteiger charge is 2.21. The van der Waals surface area contributed by atoms with Gasteiger partial charge >= 0.3 is 0 Å². The maximum Gasteiger partial charge on any atom is 0.161 e. The van der Waals surface area contributed by atoms with Gasteiger partial charge in [-0.05, 0) is 18.2 Å². The summed E-state index contributed by atoms with van der Waals surface area (Å²) in [4.78, 5) is 4.14. The van der Waals surface area contributed by atoms with Crippen molar-refractivity contribution in [2.45, 2.75) is 11.1 Å². The number of benzene rings is 1. The van der Waals surface area contributed by atoms with Gasteiger partial charge in [-0.25, -0.2) is 4.98 Å². The lowest BCUT2D eigenvalue weighted by molar-refractivity contribution is 0.107. The number of ether oxygens (including phenoxy) is 2. The van der Waals surface area contributed by atoms with Gasteiger partial charge in [0.1, 0.15) is 35.7 Å². The first-order valence-electron chi connectivity index (χ1n) is 6.83. The number of hydrogen-bond acceptors (Lipinski definition) is 7. The predicted octanol–water partition coefficient (Wildman–Crippen LogP) is 2.34. The molecule has 0 radical (unpaired) electrons. The molecule has 7 heteroatoms. The molecular weight excluding hydrogens is 312 g/mol. The van der Waals surface area contributed by atoms with Gasteiger partial charge in [0, 0.05) is 5.75 Å². The summed E-state index contributed by atoms with van der Waals surface area (Å²) in [5.41, 5.74) is 6.25. The molecule has 0 amide bonds. The van der Waals surface area contributed by atoms with Crippen LogP contribution in [0.3, 0.4) is 0 Å². The highest BCUT2D eigenvalue weighted by molar-refractivity contribution is 7.99. The number of nitriles is 2. The summed E-state index contributed by atoms with van der Waals surface area (Å²) >= 11 is 1.36. The van der Waals surface area contributed by atoms with Crippen LogP contribution in [0.15, 0.2) is 35.4 Å². The summed E-state index contributed by atoms with van der Waals surface area (Å²) in [6.45, 7) is 0.428. The molecule has 2 aromatic rings. The first-order valence-corrected chi connectivity index (χ1v) is 7.82. The lowest BCUT2D eigenvalue weighted by atomic mass is 10.2. The second-order valence-corrected chi connectivity index (χ2v) is 5.81. The summed E-state index contributed by atoms with van der Waals surface area (Å²) in [6, 6.07) is 12.9. The molecule has 1 aliphatic heterocycles. The Bertz CT molecular complexity index is 826. The molecule has 0 spiro atoms. The molecule has 1 aromatic carbocycles. The van der Waals surface area contributed by atoms with Gasteiger partial charge in [-0.15, -0.1) is 11.8 Å². The molecule has 0 saturated heterocycles. The van der Waals surface area contributed by atoms with Gasteiger partial charge in [-0.1, -0.05) is 12.1 Å². The minimum Gasteiger partial charge on any atom is -0.486 e. The van der Waals surface area contributed by atoms with Crippen molar-refractivity contribution in [2.24, 2.45) is 0 Å². The van der Waals surface area contributed by atoms with E-state index < -0.39 is 0 Å². The summed E-state index contributed by atoms with van der Waals surface area (Å²) < 4.78 is 11.5. The van der Waals surface area contributed by atoms with Gasteiger partial charge in [0.25, 0.3) is 0 Å². The fourth-order valence-corrected chi connectivity index (χ4v) is 3.04. The van der Waals surface area contributed by atoms with Gasteiger partial charge in [0.2, 0.25) is 0 Å². The molecule has 6 nitrogen and oxygen atoms in total. The van der Waals surface area contributed by atoms with Gasteiger partial charge < -0.3 is 15.2 Å². The SMILES string of the molecule is N#Cc1cc(C#N)c(SC[C@@H]2COc3ccccc3O2)nc1N. The van der Waals surface area contributed by atoms with Crippen LogP contribution in [0.4, 0.5) is 5.82 Å². The van der Waals surface area contributed by atoms with Gasteiger partial charge in [0.05, 0.1) is 11.1 Å². The Kier molecular flexibility index (Phi) is 4.22. The third kappa shape index (κ3) is 3.15. The van der Waals surface area contributed by atoms with Crippen molar-refractivity contribution in [3.05, 3.63) is 41.5 Å². The fourth-order valence-electron chi connectivity index (χ4n) is 2.11. The zero-order valence-corrected chi connectivity index (χ0v) is 12.8. The number of para-hydroxylation sites is 2. The molecule has 3 rings (SSSR count). The number of thioether (sulfide) groups is 1. The minimum atomic E-state index is -0.153. The molecule has 0 saturated carbocycles. The third-order valence-corrected chi connectivity index (χ3v) is 4.35. The van der Waals surface area contributed by atoms with Crippen LogP contribution in [-0.4, -0.2) is 23.4 Å². The van der Waals surface area contributed by atoms with Crippen molar-refractivity contribution in [1.29, 1.82) is 10.5 Å². The number of nitrogens with two attached hydrogens (primary N) is 1. The summed E-state index contributed by atoms with van der Waals surface area (Å²) in [7, 11) is 0. The van der Waals surface area contributed by atoms with E-state index in [1.54, 1.807) is 0 Å². The van der Waals surface area contributed by atoms with E-state index in [-0.39, 0.29) is 17.5 Å². The molecule has 23 heavy (non-hydrogen) atoms. The zero-order valence-electron chi connectivity index (χ0n) is 12.0. The molecule has 2 N–H and O–H groups in total. The number of hydrogen-bond donors (Lipinski definition) is 1. The highest BCUT2D eigenvalue weighted by atomic mass is 32.2. The van der Waals surface area contributed by atoms with E-state index in [1.807, 2.05) is 36.4 Å². The van der Waals surface area contributed by atoms with E-state index in [2.05, 4.69) is 4.98 Å². The topological polar surface area (TPSA) is 105 Å². The van der Waals surface area contributed by atoms with Crippen molar-refractivity contribution in [2.75, 3.05) is 18.1 Å². The molecule has 0 unspecified atom stereocenters. The average Bonchev–Trinajstić information content (AvgIpc) is 2.59. The molecule has 0 fully saturated rings. The zero-order chi connectivity index (χ0) is 16.2. The smallest absolute Gasteiger partial charge is 0.161 e. The first kappa shape index (κ1) is 15.0. The van der Waals surface area contributed by atoms with E-state index in [1.165, 1.54) is 17.8 Å². The number of rotatable bonds is 3. The van der Waals surface area contributed by atoms with E-state index in [0.717, 1.165) is 5.75 Å². The molecule has 1 aromatic heterocycles. The van der Waals surface area contributed by atoms with E-state index in [0.29, 0.717) is 28.7 Å². The summed E-state index contributed by atoms with van der Waals surface area (Å²) in [5, 5.41) is 18.6. The normalized spacial score (nSPS) is 15.5. The molecule has 0 aliphatic carbocycles. The lowest BCUT2D eigenvalue weighted by Crippen LogP contribution is -2.31. The second kappa shape index (κ2) is 6.47. The number of pyridine rings is 1. The first-order chi connectivity index (χ1) is 11.2. The van der Waals surface area contributed by atoms with Gasteiger partial charge in [-0.3, -0.25) is 0 Å². The molecule has 2 heterocycles. The van der Waals surface area contributed by atoms with Crippen molar-refractivity contribution >= 4 is 17.6 Å². The number of aromatic nitrogens is 1. The third-order valence-electron chi connectivity index (χ3n) is 3.23. The maximum absolute atomic E-state index is 9.19. The molecular formula is C16H12N4O2S. The van der Waals surface area contributed by atoms with Crippen molar-refractivity contribution in [3.63, 3.8) is 0 Å². The number of fused-ring (bicyclic) bond motifs is 1. The van der Waals surface area contributed by atoms with Crippen LogP contribution in [0.1, 0.15) is 11.1 Å². The molecule has 1 atom stereocenters. The van der Waals surface area contributed by atoms with Crippen molar-refractivity contribution < 1.29 is 9.47 Å². The van der Waals surface area contributed by atoms with Crippen LogP contribution in [0.5, 0.6) is 11.5 Å².